The minimum absolute atomic E-state index is 0.00132. The molecule has 1 amide bonds. The number of likely N-dealkylation sites (N-methyl/N-ethyl adjacent to an activating group) is 1. The third kappa shape index (κ3) is 5.27. The third-order valence-corrected chi connectivity index (χ3v) is 3.00. The van der Waals surface area contributed by atoms with Gasteiger partial charge in [-0.3, -0.25) is 4.79 Å². The van der Waals surface area contributed by atoms with E-state index >= 15 is 0 Å². The van der Waals surface area contributed by atoms with Gasteiger partial charge in [0, 0.05) is 18.7 Å². The number of nitrogens with zero attached hydrogens (tertiary/aromatic N) is 2. The molecule has 110 valence electrons. The first-order valence-corrected chi connectivity index (χ1v) is 6.77. The van der Waals surface area contributed by atoms with E-state index in [1.807, 2.05) is 0 Å². The standard InChI is InChI=1S/C14H23N5O/c1-3-19(4-2)10-9-17-13(20)11-5-7-12(8-6-11)18-14(15)16/h5-8H,3-4,9-10H2,1-2H3,(H,17,20)(H4,15,16,18). The van der Waals surface area contributed by atoms with Gasteiger partial charge in [-0.25, -0.2) is 4.99 Å². The summed E-state index contributed by atoms with van der Waals surface area (Å²) in [6.07, 6.45) is 0. The number of nitrogens with two attached hydrogens (primary N) is 2. The number of rotatable bonds is 7. The Morgan fingerprint density at radius 2 is 1.80 bits per heavy atom. The lowest BCUT2D eigenvalue weighted by Gasteiger charge is -2.17. The van der Waals surface area contributed by atoms with Gasteiger partial charge in [0.1, 0.15) is 0 Å². The van der Waals surface area contributed by atoms with E-state index in [1.54, 1.807) is 24.3 Å². The topological polar surface area (TPSA) is 96.7 Å². The molecule has 0 saturated carbocycles. The maximum Gasteiger partial charge on any atom is 0.251 e. The van der Waals surface area contributed by atoms with Crippen LogP contribution in [0.25, 0.3) is 0 Å². The fourth-order valence-corrected chi connectivity index (χ4v) is 1.81. The molecular weight excluding hydrogens is 254 g/mol. The molecule has 0 radical (unpaired) electrons. The van der Waals surface area contributed by atoms with Crippen molar-refractivity contribution < 1.29 is 4.79 Å². The van der Waals surface area contributed by atoms with Crippen molar-refractivity contribution in [3.63, 3.8) is 0 Å². The van der Waals surface area contributed by atoms with Crippen LogP contribution in [0.2, 0.25) is 0 Å². The van der Waals surface area contributed by atoms with Crippen molar-refractivity contribution >= 4 is 17.6 Å². The Bertz CT molecular complexity index is 447. The Labute approximate surface area is 119 Å². The Kier molecular flexibility index (Phi) is 6.52. The van der Waals surface area contributed by atoms with Crippen LogP contribution in [0.5, 0.6) is 0 Å². The molecule has 0 aliphatic rings. The SMILES string of the molecule is CCN(CC)CCNC(=O)c1ccc(N=C(N)N)cc1. The highest BCUT2D eigenvalue weighted by atomic mass is 16.1. The van der Waals surface area contributed by atoms with Crippen LogP contribution in [0.4, 0.5) is 5.69 Å². The van der Waals surface area contributed by atoms with Gasteiger partial charge in [-0.15, -0.1) is 0 Å². The Hall–Kier alpha value is -2.08. The summed E-state index contributed by atoms with van der Waals surface area (Å²) in [6.45, 7) is 7.67. The Balaban J connectivity index is 2.49. The fourth-order valence-electron chi connectivity index (χ4n) is 1.81. The monoisotopic (exact) mass is 277 g/mol. The fraction of sp³-hybridized carbons (Fsp3) is 0.429. The molecule has 5 N–H and O–H groups in total. The van der Waals surface area contributed by atoms with E-state index in [1.165, 1.54) is 0 Å². The Morgan fingerprint density at radius 1 is 1.20 bits per heavy atom. The van der Waals surface area contributed by atoms with Crippen LogP contribution < -0.4 is 16.8 Å². The molecule has 0 atom stereocenters. The van der Waals surface area contributed by atoms with Crippen LogP contribution in [0, 0.1) is 0 Å². The number of guanidine groups is 1. The van der Waals surface area contributed by atoms with Crippen molar-refractivity contribution in [1.82, 2.24) is 10.2 Å². The molecule has 6 heteroatoms. The number of hydrogen-bond donors (Lipinski definition) is 3. The van der Waals surface area contributed by atoms with Crippen molar-refractivity contribution in [3.05, 3.63) is 29.8 Å². The lowest BCUT2D eigenvalue weighted by atomic mass is 10.2. The zero-order valence-electron chi connectivity index (χ0n) is 12.1. The molecule has 20 heavy (non-hydrogen) atoms. The number of nitrogens with one attached hydrogen (secondary N) is 1. The maximum absolute atomic E-state index is 11.9. The van der Waals surface area contributed by atoms with Gasteiger partial charge in [-0.1, -0.05) is 13.8 Å². The molecule has 0 aromatic heterocycles. The first kappa shape index (κ1) is 16.0. The molecule has 1 rings (SSSR count). The molecule has 6 nitrogen and oxygen atoms in total. The first-order valence-electron chi connectivity index (χ1n) is 6.77. The van der Waals surface area contributed by atoms with Crippen molar-refractivity contribution in [3.8, 4) is 0 Å². The molecule has 0 spiro atoms. The number of carbonyl (C=O) groups is 1. The molecule has 0 aliphatic heterocycles. The number of hydrogen-bond acceptors (Lipinski definition) is 3. The highest BCUT2D eigenvalue weighted by Crippen LogP contribution is 2.12. The van der Waals surface area contributed by atoms with Crippen LogP contribution in [-0.4, -0.2) is 42.9 Å². The van der Waals surface area contributed by atoms with Crippen molar-refractivity contribution in [1.29, 1.82) is 0 Å². The van der Waals surface area contributed by atoms with Crippen molar-refractivity contribution in [2.24, 2.45) is 16.5 Å². The van der Waals surface area contributed by atoms with E-state index in [9.17, 15) is 4.79 Å². The third-order valence-electron chi connectivity index (χ3n) is 3.00. The van der Waals surface area contributed by atoms with E-state index in [0.29, 0.717) is 17.8 Å². The summed E-state index contributed by atoms with van der Waals surface area (Å²) in [7, 11) is 0. The summed E-state index contributed by atoms with van der Waals surface area (Å²) in [6, 6.07) is 6.82. The minimum Gasteiger partial charge on any atom is -0.370 e. The normalized spacial score (nSPS) is 10.3. The predicted octanol–water partition coefficient (Wildman–Crippen LogP) is 0.663. The van der Waals surface area contributed by atoms with E-state index in [4.69, 9.17) is 11.5 Å². The quantitative estimate of drug-likeness (QED) is 0.504. The number of benzene rings is 1. The Morgan fingerprint density at radius 3 is 2.30 bits per heavy atom. The van der Waals surface area contributed by atoms with E-state index in [0.717, 1.165) is 19.6 Å². The van der Waals surface area contributed by atoms with Crippen LogP contribution >= 0.6 is 0 Å². The first-order chi connectivity index (χ1) is 9.56. The molecule has 0 unspecified atom stereocenters. The molecule has 1 aromatic carbocycles. The smallest absolute Gasteiger partial charge is 0.251 e. The van der Waals surface area contributed by atoms with E-state index < -0.39 is 0 Å². The molecule has 0 aliphatic carbocycles. The van der Waals surface area contributed by atoms with Crippen molar-refractivity contribution in [2.45, 2.75) is 13.8 Å². The van der Waals surface area contributed by atoms with Gasteiger partial charge in [-0.2, -0.15) is 0 Å². The second-order valence-corrected chi connectivity index (χ2v) is 4.37. The molecular formula is C14H23N5O. The number of amides is 1. The van der Waals surface area contributed by atoms with Gasteiger partial charge in [0.25, 0.3) is 5.91 Å². The van der Waals surface area contributed by atoms with E-state index in [2.05, 4.69) is 29.1 Å². The molecule has 0 heterocycles. The zero-order chi connectivity index (χ0) is 15.0. The van der Waals surface area contributed by atoms with Crippen LogP contribution in [0.15, 0.2) is 29.3 Å². The molecule has 0 fully saturated rings. The van der Waals surface area contributed by atoms with Crippen LogP contribution in [0.3, 0.4) is 0 Å². The second kappa shape index (κ2) is 8.16. The van der Waals surface area contributed by atoms with Crippen LogP contribution in [0.1, 0.15) is 24.2 Å². The summed E-state index contributed by atoms with van der Waals surface area (Å²) in [5, 5.41) is 2.89. The summed E-state index contributed by atoms with van der Waals surface area (Å²) in [4.78, 5) is 18.1. The number of aliphatic imine (C=N–C) groups is 1. The summed E-state index contributed by atoms with van der Waals surface area (Å²) in [5.41, 5.74) is 11.8. The van der Waals surface area contributed by atoms with Gasteiger partial charge in [0.15, 0.2) is 5.96 Å². The molecule has 0 saturated heterocycles. The van der Waals surface area contributed by atoms with Gasteiger partial charge >= 0.3 is 0 Å². The van der Waals surface area contributed by atoms with Gasteiger partial charge in [-0.05, 0) is 37.4 Å². The average Bonchev–Trinajstić information content (AvgIpc) is 2.43. The molecule has 1 aromatic rings. The number of carbonyl (C=O) groups excluding carboxylic acids is 1. The van der Waals surface area contributed by atoms with Crippen molar-refractivity contribution in [2.75, 3.05) is 26.2 Å². The average molecular weight is 277 g/mol. The van der Waals surface area contributed by atoms with Crippen LogP contribution in [-0.2, 0) is 0 Å². The highest BCUT2D eigenvalue weighted by Gasteiger charge is 2.05. The predicted molar refractivity (Wildman–Crippen MR) is 82.0 cm³/mol. The summed E-state index contributed by atoms with van der Waals surface area (Å²) < 4.78 is 0. The maximum atomic E-state index is 11.9. The lowest BCUT2D eigenvalue weighted by Crippen LogP contribution is -2.34. The minimum atomic E-state index is -0.0894. The summed E-state index contributed by atoms with van der Waals surface area (Å²) in [5.74, 6) is -0.0881. The zero-order valence-corrected chi connectivity index (χ0v) is 12.1. The van der Waals surface area contributed by atoms with Gasteiger partial charge in [0.2, 0.25) is 0 Å². The molecule has 0 bridgehead atoms. The van der Waals surface area contributed by atoms with Gasteiger partial charge in [0.05, 0.1) is 5.69 Å². The largest absolute Gasteiger partial charge is 0.370 e. The summed E-state index contributed by atoms with van der Waals surface area (Å²) >= 11 is 0. The van der Waals surface area contributed by atoms with E-state index in [-0.39, 0.29) is 11.9 Å². The highest BCUT2D eigenvalue weighted by molar-refractivity contribution is 5.94. The second-order valence-electron chi connectivity index (χ2n) is 4.37. The van der Waals surface area contributed by atoms with Gasteiger partial charge < -0.3 is 21.7 Å². The lowest BCUT2D eigenvalue weighted by molar-refractivity contribution is 0.0949.